The van der Waals surface area contributed by atoms with Gasteiger partial charge in [0.25, 0.3) is 0 Å². The molecule has 0 N–H and O–H groups in total. The van der Waals surface area contributed by atoms with Gasteiger partial charge in [-0.1, -0.05) is 0 Å². The van der Waals surface area contributed by atoms with Gasteiger partial charge in [0.2, 0.25) is 0 Å². The molecule has 0 aromatic rings. The van der Waals surface area contributed by atoms with Gasteiger partial charge < -0.3 is 0 Å². The molecule has 1 rings (SSSR count). The van der Waals surface area contributed by atoms with Crippen molar-refractivity contribution in [2.24, 2.45) is 0 Å². The van der Waals surface area contributed by atoms with E-state index >= 15 is 0 Å². The van der Waals surface area contributed by atoms with Crippen LogP contribution in [0.3, 0.4) is 0 Å². The predicted octanol–water partition coefficient (Wildman–Crippen LogP) is 1.05. The molecule has 0 aliphatic heterocycles. The topological polar surface area (TPSA) is 0 Å². The van der Waals surface area contributed by atoms with Crippen LogP contribution < -0.4 is 0 Å². The van der Waals surface area contributed by atoms with Crippen LogP contribution in [-0.2, 0) is 0 Å². The summed E-state index contributed by atoms with van der Waals surface area (Å²) in [6.07, 6.45) is 7.96. The van der Waals surface area contributed by atoms with Gasteiger partial charge >= 0.3 is 50.2 Å². The van der Waals surface area contributed by atoms with Crippen molar-refractivity contribution in [3.05, 3.63) is 22.6 Å². The average Bonchev–Trinajstić information content (AvgIpc) is 2.14. The molecule has 0 unspecified atom stereocenters. The molecule has 0 saturated carbocycles. The van der Waals surface area contributed by atoms with Gasteiger partial charge in [0, 0.05) is 0 Å². The van der Waals surface area contributed by atoms with Crippen LogP contribution in [0, 0.1) is 0 Å². The van der Waals surface area contributed by atoms with Crippen LogP contribution in [0.1, 0.15) is 6.42 Å². The summed E-state index contributed by atoms with van der Waals surface area (Å²) in [5.74, 6) is 2.38. The molecule has 7 heavy (non-hydrogen) atoms. The van der Waals surface area contributed by atoms with Crippen LogP contribution in [-0.4, -0.2) is 15.4 Å². The molecule has 1 aliphatic rings. The summed E-state index contributed by atoms with van der Waals surface area (Å²) in [5.41, 5.74) is 0. The molecule has 0 heterocycles. The van der Waals surface area contributed by atoms with Crippen molar-refractivity contribution in [3.8, 4) is 0 Å². The van der Waals surface area contributed by atoms with Gasteiger partial charge in [-0.15, -0.1) is 0 Å². The fourth-order valence-corrected chi connectivity index (χ4v) is 2.49. The van der Waals surface area contributed by atoms with E-state index in [0.29, 0.717) is 0 Å². The number of rotatable bonds is 1. The number of hydrogen-bond donors (Lipinski definition) is 0. The van der Waals surface area contributed by atoms with Crippen LogP contribution in [0.2, 0.25) is 5.76 Å². The van der Waals surface area contributed by atoms with E-state index in [0.717, 1.165) is 0 Å². The molecule has 0 nitrogen and oxygen atoms in total. The molecule has 0 aromatic heterocycles. The monoisotopic (exact) mass is 156 g/mol. The second-order valence-electron chi connectivity index (χ2n) is 1.81. The Labute approximate surface area is 50.8 Å². The average molecular weight is 155 g/mol. The molecule has 0 amide bonds. The van der Waals surface area contributed by atoms with Crippen LogP contribution in [0.15, 0.2) is 22.6 Å². The van der Waals surface area contributed by atoms with E-state index in [9.17, 15) is 0 Å². The molecule has 38 valence electrons. The molecule has 0 saturated heterocycles. The first-order valence-electron chi connectivity index (χ1n) is 2.78. The number of hydrogen-bond acceptors (Lipinski definition) is 0. The first-order valence-corrected chi connectivity index (χ1v) is 7.23. The van der Waals surface area contributed by atoms with Crippen molar-refractivity contribution in [2.45, 2.75) is 12.2 Å². The summed E-state index contributed by atoms with van der Waals surface area (Å²) in [6, 6.07) is 0. The Morgan fingerprint density at radius 3 is 2.86 bits per heavy atom. The van der Waals surface area contributed by atoms with Crippen molar-refractivity contribution in [1.82, 2.24) is 0 Å². The molecular weight excluding hydrogens is 145 g/mol. The van der Waals surface area contributed by atoms with E-state index < -0.39 is 0 Å². The van der Waals surface area contributed by atoms with Gasteiger partial charge in [-0.25, -0.2) is 0 Å². The van der Waals surface area contributed by atoms with Gasteiger partial charge in [-0.3, -0.25) is 0 Å². The third-order valence-corrected chi connectivity index (χ3v) is 4.31. The zero-order valence-electron chi connectivity index (χ0n) is 4.65. The normalized spacial score (nSPS) is 19.3. The molecule has 0 radical (unpaired) electrons. The third-order valence-electron chi connectivity index (χ3n) is 1.30. The fourth-order valence-electron chi connectivity index (χ4n) is 0.754. The van der Waals surface area contributed by atoms with E-state index in [4.69, 9.17) is 0 Å². The number of allylic oxidation sites excluding steroid dienone is 4. The Kier molecular flexibility index (Phi) is 1.74. The quantitative estimate of drug-likeness (QED) is 0.496. The maximum atomic E-state index is 2.38. The summed E-state index contributed by atoms with van der Waals surface area (Å²) in [7, 11) is 0. The standard InChI is InChI=1S/C6H10Ge/c1-7-6-4-2-3-5-6/h2-4H,5,7H2,1H3. The fraction of sp³-hybridized carbons (Fsp3) is 0.333. The second-order valence-corrected chi connectivity index (χ2v) is 5.20. The van der Waals surface area contributed by atoms with Crippen LogP contribution in [0.4, 0.5) is 0 Å². The zero-order valence-corrected chi connectivity index (χ0v) is 7.61. The molecule has 0 bridgehead atoms. The zero-order chi connectivity index (χ0) is 5.11. The van der Waals surface area contributed by atoms with Gasteiger partial charge in [-0.05, 0) is 0 Å². The predicted molar refractivity (Wildman–Crippen MR) is 36.2 cm³/mol. The third kappa shape index (κ3) is 1.20. The van der Waals surface area contributed by atoms with E-state index in [1.807, 2.05) is 0 Å². The molecule has 0 spiro atoms. The molecule has 0 aromatic carbocycles. The maximum absolute atomic E-state index is 2.38. The molecular formula is C6H10Ge. The summed E-state index contributed by atoms with van der Waals surface area (Å²) in [5, 5.41) is 0. The van der Waals surface area contributed by atoms with Crippen molar-refractivity contribution < 1.29 is 0 Å². The van der Waals surface area contributed by atoms with E-state index in [-0.39, 0.29) is 15.4 Å². The van der Waals surface area contributed by atoms with Crippen molar-refractivity contribution >= 4 is 15.4 Å². The minimum atomic E-state index is -0.170. The van der Waals surface area contributed by atoms with Gasteiger partial charge in [0.15, 0.2) is 0 Å². The van der Waals surface area contributed by atoms with Crippen LogP contribution >= 0.6 is 0 Å². The van der Waals surface area contributed by atoms with E-state index in [1.54, 1.807) is 4.41 Å². The van der Waals surface area contributed by atoms with Gasteiger partial charge in [0.1, 0.15) is 0 Å². The second kappa shape index (κ2) is 2.36. The van der Waals surface area contributed by atoms with Crippen LogP contribution in [0.5, 0.6) is 0 Å². The van der Waals surface area contributed by atoms with E-state index in [2.05, 4.69) is 24.0 Å². The van der Waals surface area contributed by atoms with Gasteiger partial charge in [0.05, 0.1) is 0 Å². The summed E-state index contributed by atoms with van der Waals surface area (Å²) < 4.78 is 1.74. The van der Waals surface area contributed by atoms with Gasteiger partial charge in [-0.2, -0.15) is 0 Å². The molecule has 0 fully saturated rings. The molecule has 0 atom stereocenters. The SMILES string of the molecule is [CH3][GeH2][C]1=CC=CC1. The van der Waals surface area contributed by atoms with E-state index in [1.165, 1.54) is 6.42 Å². The Morgan fingerprint density at radius 1 is 1.71 bits per heavy atom. The summed E-state index contributed by atoms with van der Waals surface area (Å²) >= 11 is -0.170. The molecule has 1 aliphatic carbocycles. The van der Waals surface area contributed by atoms with Crippen molar-refractivity contribution in [3.63, 3.8) is 0 Å². The molecule has 1 heteroatoms. The Morgan fingerprint density at radius 2 is 2.57 bits per heavy atom. The summed E-state index contributed by atoms with van der Waals surface area (Å²) in [4.78, 5) is 0. The first kappa shape index (κ1) is 5.17. The Hall–Kier alpha value is 0.0229. The first-order chi connectivity index (χ1) is 3.43. The minimum absolute atomic E-state index is 0.170. The summed E-state index contributed by atoms with van der Waals surface area (Å²) in [6.45, 7) is 0. The van der Waals surface area contributed by atoms with Crippen molar-refractivity contribution in [2.75, 3.05) is 0 Å². The Balaban J connectivity index is 2.45. The van der Waals surface area contributed by atoms with Crippen LogP contribution in [0.25, 0.3) is 0 Å². The van der Waals surface area contributed by atoms with Crippen molar-refractivity contribution in [1.29, 1.82) is 0 Å². The Bertz CT molecular complexity index is 111.